The summed E-state index contributed by atoms with van der Waals surface area (Å²) in [6, 6.07) is 17.2. The summed E-state index contributed by atoms with van der Waals surface area (Å²) in [5.74, 6) is 0. The van der Waals surface area contributed by atoms with Crippen molar-refractivity contribution in [3.63, 3.8) is 0 Å². The van der Waals surface area contributed by atoms with Crippen LogP contribution in [0.15, 0.2) is 60.7 Å². The fourth-order valence-electron chi connectivity index (χ4n) is 3.31. The lowest BCUT2D eigenvalue weighted by Crippen LogP contribution is -2.59. The zero-order chi connectivity index (χ0) is 21.3. The first-order valence-corrected chi connectivity index (χ1v) is 9.82. The molecule has 2 aromatic carbocycles. The van der Waals surface area contributed by atoms with Gasteiger partial charge in [-0.1, -0.05) is 60.7 Å². The molecule has 160 valence electrons. The van der Waals surface area contributed by atoms with Gasteiger partial charge in [-0.3, -0.25) is 0 Å². The molecule has 1 saturated carbocycles. The standard InChI is InChI=1S/C22H26N2O6/c25-19-11-17(23-21(27)29-13-15-7-3-1-4-8-15)18(12-20(19)26)24-22(28)30-14-16-9-5-2-6-10-16/h1-10,17-20,25-26H,11-14H2,(H,23,27)(H,24,28)/t17-,18+,19-,20-/m0/s1. The van der Waals surface area contributed by atoms with Gasteiger partial charge in [0.05, 0.1) is 24.3 Å². The molecule has 2 amide bonds. The van der Waals surface area contributed by atoms with Crippen molar-refractivity contribution in [3.8, 4) is 0 Å². The van der Waals surface area contributed by atoms with Crippen LogP contribution in [-0.4, -0.2) is 46.7 Å². The molecule has 4 atom stereocenters. The van der Waals surface area contributed by atoms with Crippen molar-refractivity contribution < 1.29 is 29.3 Å². The molecule has 0 aromatic heterocycles. The van der Waals surface area contributed by atoms with E-state index in [4.69, 9.17) is 9.47 Å². The second-order valence-corrected chi connectivity index (χ2v) is 7.23. The molecule has 1 fully saturated rings. The lowest BCUT2D eigenvalue weighted by Gasteiger charge is -2.37. The maximum Gasteiger partial charge on any atom is 0.407 e. The van der Waals surface area contributed by atoms with Crippen LogP contribution in [0, 0.1) is 0 Å². The number of carbonyl (C=O) groups excluding carboxylic acids is 2. The van der Waals surface area contributed by atoms with E-state index >= 15 is 0 Å². The summed E-state index contributed by atoms with van der Waals surface area (Å²) in [5.41, 5.74) is 1.68. The maximum atomic E-state index is 12.2. The molecule has 3 rings (SSSR count). The van der Waals surface area contributed by atoms with Gasteiger partial charge < -0.3 is 30.3 Å². The van der Waals surface area contributed by atoms with Crippen LogP contribution in [-0.2, 0) is 22.7 Å². The lowest BCUT2D eigenvalue weighted by atomic mass is 9.86. The maximum absolute atomic E-state index is 12.2. The topological polar surface area (TPSA) is 117 Å². The highest BCUT2D eigenvalue weighted by molar-refractivity contribution is 5.69. The SMILES string of the molecule is O=C(N[C@H]1C[C@H](O)[C@@H](O)C[C@H]1NC(=O)OCc1ccccc1)OCc1ccccc1. The fourth-order valence-corrected chi connectivity index (χ4v) is 3.31. The molecule has 0 radical (unpaired) electrons. The minimum atomic E-state index is -1.01. The third-order valence-electron chi connectivity index (χ3n) is 4.95. The van der Waals surface area contributed by atoms with Gasteiger partial charge in [0.15, 0.2) is 0 Å². The number of hydrogen-bond acceptors (Lipinski definition) is 6. The summed E-state index contributed by atoms with van der Waals surface area (Å²) in [6.07, 6.45) is -3.21. The van der Waals surface area contributed by atoms with Crippen LogP contribution in [0.4, 0.5) is 9.59 Å². The van der Waals surface area contributed by atoms with Gasteiger partial charge in [0.25, 0.3) is 0 Å². The Labute approximate surface area is 174 Å². The van der Waals surface area contributed by atoms with Crippen molar-refractivity contribution in [2.45, 2.75) is 50.3 Å². The van der Waals surface area contributed by atoms with Crippen LogP contribution in [0.3, 0.4) is 0 Å². The molecule has 0 bridgehead atoms. The highest BCUT2D eigenvalue weighted by atomic mass is 16.6. The molecule has 0 aliphatic heterocycles. The largest absolute Gasteiger partial charge is 0.445 e. The van der Waals surface area contributed by atoms with E-state index in [2.05, 4.69) is 10.6 Å². The average Bonchev–Trinajstić information content (AvgIpc) is 2.76. The molecule has 1 aliphatic rings. The van der Waals surface area contributed by atoms with E-state index in [1.807, 2.05) is 60.7 Å². The molecule has 30 heavy (non-hydrogen) atoms. The number of carbonyl (C=O) groups is 2. The zero-order valence-corrected chi connectivity index (χ0v) is 16.4. The van der Waals surface area contributed by atoms with E-state index in [9.17, 15) is 19.8 Å². The van der Waals surface area contributed by atoms with Crippen molar-refractivity contribution in [3.05, 3.63) is 71.8 Å². The first-order chi connectivity index (χ1) is 14.5. The fraction of sp³-hybridized carbons (Fsp3) is 0.364. The van der Waals surface area contributed by atoms with Gasteiger partial charge in [-0.15, -0.1) is 0 Å². The molecular formula is C22H26N2O6. The predicted octanol–water partition coefficient (Wildman–Crippen LogP) is 2.09. The average molecular weight is 414 g/mol. The van der Waals surface area contributed by atoms with Crippen LogP contribution >= 0.6 is 0 Å². The number of nitrogens with one attached hydrogen (secondary N) is 2. The number of rotatable bonds is 6. The number of hydrogen-bond donors (Lipinski definition) is 4. The molecule has 2 aromatic rings. The number of aliphatic hydroxyl groups is 2. The highest BCUT2D eigenvalue weighted by Gasteiger charge is 2.37. The molecule has 0 saturated heterocycles. The van der Waals surface area contributed by atoms with Crippen molar-refractivity contribution in [1.29, 1.82) is 0 Å². The van der Waals surface area contributed by atoms with Crippen molar-refractivity contribution in [1.82, 2.24) is 10.6 Å². The van der Waals surface area contributed by atoms with E-state index in [1.54, 1.807) is 0 Å². The molecule has 1 aliphatic carbocycles. The Hall–Kier alpha value is -3.10. The first-order valence-electron chi connectivity index (χ1n) is 9.82. The molecule has 0 spiro atoms. The number of amides is 2. The second kappa shape index (κ2) is 10.6. The smallest absolute Gasteiger partial charge is 0.407 e. The summed E-state index contributed by atoms with van der Waals surface area (Å²) < 4.78 is 10.4. The molecular weight excluding hydrogens is 388 g/mol. The van der Waals surface area contributed by atoms with Crippen molar-refractivity contribution >= 4 is 12.2 Å². The summed E-state index contributed by atoms with van der Waals surface area (Å²) in [4.78, 5) is 24.4. The second-order valence-electron chi connectivity index (χ2n) is 7.23. The zero-order valence-electron chi connectivity index (χ0n) is 16.4. The Morgan fingerprint density at radius 1 is 0.733 bits per heavy atom. The minimum absolute atomic E-state index is 0.0746. The van der Waals surface area contributed by atoms with Crippen LogP contribution in [0.25, 0.3) is 0 Å². The lowest BCUT2D eigenvalue weighted by molar-refractivity contribution is -0.0289. The van der Waals surface area contributed by atoms with Crippen molar-refractivity contribution in [2.75, 3.05) is 0 Å². The Kier molecular flexibility index (Phi) is 7.64. The first kappa shape index (κ1) is 21.6. The Balaban J connectivity index is 1.52. The van der Waals surface area contributed by atoms with Crippen LogP contribution in [0.5, 0.6) is 0 Å². The van der Waals surface area contributed by atoms with Gasteiger partial charge in [0.2, 0.25) is 0 Å². The highest BCUT2D eigenvalue weighted by Crippen LogP contribution is 2.21. The van der Waals surface area contributed by atoms with Crippen molar-refractivity contribution in [2.24, 2.45) is 0 Å². The van der Waals surface area contributed by atoms with Crippen LogP contribution in [0.1, 0.15) is 24.0 Å². The Morgan fingerprint density at radius 3 is 1.47 bits per heavy atom. The summed E-state index contributed by atoms with van der Waals surface area (Å²) in [5, 5.41) is 25.3. The predicted molar refractivity (Wildman–Crippen MR) is 108 cm³/mol. The van der Waals surface area contributed by atoms with Crippen LogP contribution in [0.2, 0.25) is 0 Å². The molecule has 8 nitrogen and oxygen atoms in total. The van der Waals surface area contributed by atoms with E-state index < -0.39 is 36.5 Å². The number of ether oxygens (including phenoxy) is 2. The number of benzene rings is 2. The summed E-state index contributed by atoms with van der Waals surface area (Å²) >= 11 is 0. The van der Waals surface area contributed by atoms with Gasteiger partial charge in [-0.25, -0.2) is 9.59 Å². The Bertz CT molecular complexity index is 747. The quantitative estimate of drug-likeness (QED) is 0.575. The van der Waals surface area contributed by atoms with Gasteiger partial charge in [-0.2, -0.15) is 0 Å². The normalized spacial score (nSPS) is 23.3. The van der Waals surface area contributed by atoms with E-state index in [0.29, 0.717) is 0 Å². The van der Waals surface area contributed by atoms with Crippen LogP contribution < -0.4 is 10.6 Å². The Morgan fingerprint density at radius 2 is 1.10 bits per heavy atom. The van der Waals surface area contributed by atoms with E-state index in [-0.39, 0.29) is 26.1 Å². The van der Waals surface area contributed by atoms with Gasteiger partial charge in [-0.05, 0) is 24.0 Å². The molecule has 0 heterocycles. The molecule has 8 heteroatoms. The monoisotopic (exact) mass is 414 g/mol. The number of alkyl carbamates (subject to hydrolysis) is 2. The third-order valence-corrected chi connectivity index (χ3v) is 4.95. The molecule has 4 N–H and O–H groups in total. The summed E-state index contributed by atoms with van der Waals surface area (Å²) in [6.45, 7) is 0.198. The van der Waals surface area contributed by atoms with Gasteiger partial charge in [0.1, 0.15) is 13.2 Å². The van der Waals surface area contributed by atoms with E-state index in [1.165, 1.54) is 0 Å². The molecule has 0 unspecified atom stereocenters. The minimum Gasteiger partial charge on any atom is -0.445 e. The summed E-state index contributed by atoms with van der Waals surface area (Å²) in [7, 11) is 0. The van der Waals surface area contributed by atoms with Gasteiger partial charge in [0, 0.05) is 0 Å². The van der Waals surface area contributed by atoms with E-state index in [0.717, 1.165) is 11.1 Å². The van der Waals surface area contributed by atoms with Gasteiger partial charge >= 0.3 is 12.2 Å². The third kappa shape index (κ3) is 6.47. The number of aliphatic hydroxyl groups excluding tert-OH is 2.